The smallest absolute Gasteiger partial charge is 0.275 e. The van der Waals surface area contributed by atoms with Crippen molar-refractivity contribution in [3.05, 3.63) is 65.5 Å². The van der Waals surface area contributed by atoms with Crippen molar-refractivity contribution in [3.8, 4) is 5.75 Å². The van der Waals surface area contributed by atoms with Crippen molar-refractivity contribution >= 4 is 11.6 Å². The van der Waals surface area contributed by atoms with Crippen LogP contribution in [0.5, 0.6) is 5.75 Å². The third-order valence-corrected chi connectivity index (χ3v) is 2.95. The highest BCUT2D eigenvalue weighted by molar-refractivity contribution is 6.02. The summed E-state index contributed by atoms with van der Waals surface area (Å²) in [4.78, 5) is 11.9. The van der Waals surface area contributed by atoms with E-state index in [0.29, 0.717) is 12.1 Å². The minimum Gasteiger partial charge on any atom is -0.507 e. The molecule has 0 radical (unpaired) electrons. The molecule has 5 heteroatoms. The number of benzene rings is 2. The number of nitrogens with zero attached hydrogens (tertiary/aromatic N) is 1. The van der Waals surface area contributed by atoms with Crippen LogP contribution in [0.4, 0.5) is 4.39 Å². The van der Waals surface area contributed by atoms with Gasteiger partial charge in [-0.1, -0.05) is 31.2 Å². The van der Waals surface area contributed by atoms with Gasteiger partial charge in [-0.05, 0) is 36.2 Å². The summed E-state index contributed by atoms with van der Waals surface area (Å²) in [5.41, 5.74) is 3.90. The van der Waals surface area contributed by atoms with Gasteiger partial charge in [-0.3, -0.25) is 4.79 Å². The second-order valence-corrected chi connectivity index (χ2v) is 4.38. The lowest BCUT2D eigenvalue weighted by molar-refractivity contribution is 0.0952. The Morgan fingerprint density at radius 2 is 1.86 bits per heavy atom. The number of hydrogen-bond acceptors (Lipinski definition) is 3. The minimum atomic E-state index is -0.499. The molecule has 0 aliphatic rings. The SMILES string of the molecule is CC/C(=N\NC(=O)c1ccccc1O)c1ccc(F)cc1. The van der Waals surface area contributed by atoms with E-state index in [9.17, 15) is 14.3 Å². The van der Waals surface area contributed by atoms with Crippen LogP contribution >= 0.6 is 0 Å². The van der Waals surface area contributed by atoms with Crippen LogP contribution in [0.25, 0.3) is 0 Å². The molecule has 0 aliphatic heterocycles. The van der Waals surface area contributed by atoms with Gasteiger partial charge in [0.25, 0.3) is 5.91 Å². The first-order valence-corrected chi connectivity index (χ1v) is 6.52. The van der Waals surface area contributed by atoms with Crippen molar-refractivity contribution in [2.75, 3.05) is 0 Å². The fourth-order valence-corrected chi connectivity index (χ4v) is 1.83. The summed E-state index contributed by atoms with van der Waals surface area (Å²) in [5.74, 6) is -0.932. The average molecular weight is 286 g/mol. The zero-order valence-electron chi connectivity index (χ0n) is 11.5. The van der Waals surface area contributed by atoms with Crippen LogP contribution in [-0.2, 0) is 0 Å². The van der Waals surface area contributed by atoms with Crippen LogP contribution < -0.4 is 5.43 Å². The van der Waals surface area contributed by atoms with Gasteiger partial charge in [0.1, 0.15) is 11.6 Å². The molecule has 2 rings (SSSR count). The van der Waals surface area contributed by atoms with E-state index in [-0.39, 0.29) is 17.1 Å². The number of para-hydroxylation sites is 1. The summed E-state index contributed by atoms with van der Waals surface area (Å²) >= 11 is 0. The molecule has 0 fully saturated rings. The quantitative estimate of drug-likeness (QED) is 0.670. The summed E-state index contributed by atoms with van der Waals surface area (Å²) in [7, 11) is 0. The molecule has 2 aromatic rings. The largest absolute Gasteiger partial charge is 0.507 e. The molecule has 0 aliphatic carbocycles. The van der Waals surface area contributed by atoms with E-state index in [1.165, 1.54) is 24.3 Å². The first kappa shape index (κ1) is 14.7. The highest BCUT2D eigenvalue weighted by Crippen LogP contribution is 2.15. The number of carbonyl (C=O) groups is 1. The molecule has 0 heterocycles. The Bertz CT molecular complexity index is 666. The lowest BCUT2D eigenvalue weighted by Gasteiger charge is -2.06. The maximum absolute atomic E-state index is 12.9. The van der Waals surface area contributed by atoms with Crippen molar-refractivity contribution in [1.29, 1.82) is 0 Å². The Morgan fingerprint density at radius 3 is 2.48 bits per heavy atom. The lowest BCUT2D eigenvalue weighted by atomic mass is 10.1. The van der Waals surface area contributed by atoms with Crippen LogP contribution in [0.2, 0.25) is 0 Å². The predicted molar refractivity (Wildman–Crippen MR) is 78.8 cm³/mol. The van der Waals surface area contributed by atoms with Crippen molar-refractivity contribution in [1.82, 2.24) is 5.43 Å². The number of hydrogen-bond donors (Lipinski definition) is 2. The summed E-state index contributed by atoms with van der Waals surface area (Å²) in [6.45, 7) is 1.88. The lowest BCUT2D eigenvalue weighted by Crippen LogP contribution is -2.20. The normalized spacial score (nSPS) is 11.2. The summed E-state index contributed by atoms with van der Waals surface area (Å²) in [6.07, 6.45) is 0.576. The third-order valence-electron chi connectivity index (χ3n) is 2.95. The van der Waals surface area contributed by atoms with E-state index in [1.807, 2.05) is 6.92 Å². The molecule has 4 nitrogen and oxygen atoms in total. The average Bonchev–Trinajstić information content (AvgIpc) is 2.49. The summed E-state index contributed by atoms with van der Waals surface area (Å²) in [6, 6.07) is 12.1. The van der Waals surface area contributed by atoms with Gasteiger partial charge in [0.05, 0.1) is 11.3 Å². The second kappa shape index (κ2) is 6.65. The number of halogens is 1. The highest BCUT2D eigenvalue weighted by atomic mass is 19.1. The second-order valence-electron chi connectivity index (χ2n) is 4.38. The van der Waals surface area contributed by atoms with E-state index in [1.54, 1.807) is 24.3 Å². The number of hydrazone groups is 1. The molecule has 0 saturated heterocycles. The van der Waals surface area contributed by atoms with Crippen molar-refractivity contribution in [2.45, 2.75) is 13.3 Å². The molecule has 0 spiro atoms. The molecular formula is C16H15FN2O2. The molecular weight excluding hydrogens is 271 g/mol. The molecule has 0 aromatic heterocycles. The number of aromatic hydroxyl groups is 1. The fraction of sp³-hybridized carbons (Fsp3) is 0.125. The van der Waals surface area contributed by atoms with Gasteiger partial charge in [-0.2, -0.15) is 5.10 Å². The maximum atomic E-state index is 12.9. The zero-order chi connectivity index (χ0) is 15.2. The topological polar surface area (TPSA) is 61.7 Å². The molecule has 2 N–H and O–H groups in total. The molecule has 1 amide bonds. The number of carbonyl (C=O) groups excluding carboxylic acids is 1. The first-order valence-electron chi connectivity index (χ1n) is 6.52. The Balaban J connectivity index is 2.16. The molecule has 2 aromatic carbocycles. The first-order chi connectivity index (χ1) is 10.1. The highest BCUT2D eigenvalue weighted by Gasteiger charge is 2.10. The predicted octanol–water partition coefficient (Wildman–Crippen LogP) is 3.08. The van der Waals surface area contributed by atoms with Crippen molar-refractivity contribution < 1.29 is 14.3 Å². The van der Waals surface area contributed by atoms with Crippen molar-refractivity contribution in [2.24, 2.45) is 5.10 Å². The summed E-state index contributed by atoms with van der Waals surface area (Å²) in [5, 5.41) is 13.6. The maximum Gasteiger partial charge on any atom is 0.275 e. The number of rotatable bonds is 4. The van der Waals surface area contributed by atoms with Gasteiger partial charge in [0, 0.05) is 0 Å². The van der Waals surface area contributed by atoms with Gasteiger partial charge < -0.3 is 5.11 Å². The van der Waals surface area contributed by atoms with Gasteiger partial charge >= 0.3 is 0 Å². The molecule has 0 unspecified atom stereocenters. The van der Waals surface area contributed by atoms with Crippen LogP contribution in [0.15, 0.2) is 53.6 Å². The van der Waals surface area contributed by atoms with Crippen LogP contribution in [-0.4, -0.2) is 16.7 Å². The van der Waals surface area contributed by atoms with Gasteiger partial charge in [0.2, 0.25) is 0 Å². The van der Waals surface area contributed by atoms with Crippen molar-refractivity contribution in [3.63, 3.8) is 0 Å². The van der Waals surface area contributed by atoms with Crippen LogP contribution in [0, 0.1) is 5.82 Å². The van der Waals surface area contributed by atoms with E-state index in [0.717, 1.165) is 5.56 Å². The Kier molecular flexibility index (Phi) is 4.66. The molecule has 21 heavy (non-hydrogen) atoms. The van der Waals surface area contributed by atoms with Gasteiger partial charge in [0.15, 0.2) is 0 Å². The Morgan fingerprint density at radius 1 is 1.19 bits per heavy atom. The van der Waals surface area contributed by atoms with Crippen LogP contribution in [0.1, 0.15) is 29.3 Å². The van der Waals surface area contributed by atoms with E-state index in [4.69, 9.17) is 0 Å². The minimum absolute atomic E-state index is 0.106. The number of phenolic OH excluding ortho intramolecular Hbond substituents is 1. The Labute approximate surface area is 121 Å². The van der Waals surface area contributed by atoms with Crippen LogP contribution in [0.3, 0.4) is 0 Å². The number of amides is 1. The molecule has 0 atom stereocenters. The van der Waals surface area contributed by atoms with E-state index < -0.39 is 5.91 Å². The van der Waals surface area contributed by atoms with E-state index >= 15 is 0 Å². The van der Waals surface area contributed by atoms with Gasteiger partial charge in [-0.15, -0.1) is 0 Å². The van der Waals surface area contributed by atoms with E-state index in [2.05, 4.69) is 10.5 Å². The monoisotopic (exact) mass is 286 g/mol. The molecule has 108 valence electrons. The third kappa shape index (κ3) is 3.66. The standard InChI is InChI=1S/C16H15FN2O2/c1-2-14(11-7-9-12(17)10-8-11)18-19-16(21)13-5-3-4-6-15(13)20/h3-10,20H,2H2,1H3,(H,19,21)/b18-14+. The Hall–Kier alpha value is -2.69. The summed E-state index contributed by atoms with van der Waals surface area (Å²) < 4.78 is 12.9. The molecule has 0 bridgehead atoms. The fourth-order valence-electron chi connectivity index (χ4n) is 1.83. The molecule has 0 saturated carbocycles. The number of nitrogens with one attached hydrogen (secondary N) is 1. The zero-order valence-corrected chi connectivity index (χ0v) is 11.5. The van der Waals surface area contributed by atoms with Gasteiger partial charge in [-0.25, -0.2) is 9.82 Å². The number of phenols is 1.